The quantitative estimate of drug-likeness (QED) is 0.845. The van der Waals surface area contributed by atoms with Crippen molar-refractivity contribution in [3.05, 3.63) is 35.9 Å². The Hall–Kier alpha value is -1.31. The van der Waals surface area contributed by atoms with E-state index >= 15 is 0 Å². The lowest BCUT2D eigenvalue weighted by atomic mass is 10.0. The van der Waals surface area contributed by atoms with E-state index in [4.69, 9.17) is 0 Å². The van der Waals surface area contributed by atoms with E-state index in [2.05, 4.69) is 24.4 Å². The van der Waals surface area contributed by atoms with Crippen LogP contribution < -0.4 is 5.32 Å². The summed E-state index contributed by atoms with van der Waals surface area (Å²) in [5.74, 6) is 1.25. The highest BCUT2D eigenvalue weighted by molar-refractivity contribution is 5.76. The summed E-state index contributed by atoms with van der Waals surface area (Å²) in [6, 6.07) is 10.4. The van der Waals surface area contributed by atoms with Gasteiger partial charge in [0, 0.05) is 13.0 Å². The van der Waals surface area contributed by atoms with Crippen LogP contribution in [0, 0.1) is 5.92 Å². The Morgan fingerprint density at radius 3 is 2.61 bits per heavy atom. The number of benzene rings is 1. The molecule has 2 heteroatoms. The molecule has 1 aromatic carbocycles. The number of carbonyl (C=O) groups excluding carboxylic acids is 1. The van der Waals surface area contributed by atoms with Gasteiger partial charge < -0.3 is 5.32 Å². The second kappa shape index (κ2) is 6.58. The van der Waals surface area contributed by atoms with Crippen LogP contribution in [0.1, 0.15) is 50.5 Å². The molecule has 98 valence electrons. The monoisotopic (exact) mass is 245 g/mol. The van der Waals surface area contributed by atoms with E-state index in [0.717, 1.165) is 13.0 Å². The summed E-state index contributed by atoms with van der Waals surface area (Å²) in [5.41, 5.74) is 1.29. The lowest BCUT2D eigenvalue weighted by molar-refractivity contribution is -0.122. The van der Waals surface area contributed by atoms with Gasteiger partial charge in [-0.25, -0.2) is 0 Å². The number of amides is 1. The fourth-order valence-electron chi connectivity index (χ4n) is 2.72. The molecule has 1 N–H and O–H groups in total. The predicted molar refractivity (Wildman–Crippen MR) is 74.4 cm³/mol. The van der Waals surface area contributed by atoms with Crippen molar-refractivity contribution in [2.75, 3.05) is 6.54 Å². The van der Waals surface area contributed by atoms with Gasteiger partial charge in [-0.3, -0.25) is 4.79 Å². The number of nitrogens with one attached hydrogen (secondary N) is 1. The van der Waals surface area contributed by atoms with Crippen LogP contribution in [0.3, 0.4) is 0 Å². The smallest absolute Gasteiger partial charge is 0.220 e. The normalized spacial score (nSPS) is 17.6. The second-order valence-electron chi connectivity index (χ2n) is 5.47. The molecular formula is C16H23NO. The molecule has 1 saturated carbocycles. The van der Waals surface area contributed by atoms with E-state index in [-0.39, 0.29) is 5.91 Å². The van der Waals surface area contributed by atoms with Gasteiger partial charge in [0.15, 0.2) is 0 Å². The first-order valence-corrected chi connectivity index (χ1v) is 7.07. The molecule has 0 aliphatic heterocycles. The van der Waals surface area contributed by atoms with E-state index in [1.54, 1.807) is 0 Å². The van der Waals surface area contributed by atoms with Gasteiger partial charge in [0.05, 0.1) is 0 Å². The van der Waals surface area contributed by atoms with Crippen LogP contribution in [0.15, 0.2) is 30.3 Å². The molecule has 0 saturated heterocycles. The van der Waals surface area contributed by atoms with Gasteiger partial charge in [0.25, 0.3) is 0 Å². The zero-order valence-corrected chi connectivity index (χ0v) is 11.2. The third kappa shape index (κ3) is 3.86. The number of rotatable bonds is 5. The van der Waals surface area contributed by atoms with Crippen LogP contribution in [0.2, 0.25) is 0 Å². The van der Waals surface area contributed by atoms with Crippen LogP contribution in [0.25, 0.3) is 0 Å². The highest BCUT2D eigenvalue weighted by Gasteiger charge is 2.18. The SMILES string of the molecule is C[C@@H](CNC(=O)CC1CCCC1)c1ccccc1. The Morgan fingerprint density at radius 2 is 1.94 bits per heavy atom. The van der Waals surface area contributed by atoms with Crippen molar-refractivity contribution in [3.63, 3.8) is 0 Å². The lowest BCUT2D eigenvalue weighted by Crippen LogP contribution is -2.28. The van der Waals surface area contributed by atoms with E-state index in [9.17, 15) is 4.79 Å². The fraction of sp³-hybridized carbons (Fsp3) is 0.562. The van der Waals surface area contributed by atoms with Gasteiger partial charge >= 0.3 is 0 Å². The average Bonchev–Trinajstić information content (AvgIpc) is 2.90. The Balaban J connectivity index is 1.72. The zero-order chi connectivity index (χ0) is 12.8. The molecule has 0 spiro atoms. The van der Waals surface area contributed by atoms with Crippen molar-refractivity contribution in [1.82, 2.24) is 5.32 Å². The van der Waals surface area contributed by atoms with E-state index in [1.165, 1.54) is 31.2 Å². The van der Waals surface area contributed by atoms with Gasteiger partial charge in [-0.05, 0) is 30.2 Å². The van der Waals surface area contributed by atoms with E-state index in [0.29, 0.717) is 11.8 Å². The fourth-order valence-corrected chi connectivity index (χ4v) is 2.72. The predicted octanol–water partition coefficient (Wildman–Crippen LogP) is 3.49. The first kappa shape index (κ1) is 13.1. The first-order chi connectivity index (χ1) is 8.75. The minimum Gasteiger partial charge on any atom is -0.355 e. The summed E-state index contributed by atoms with van der Waals surface area (Å²) >= 11 is 0. The number of carbonyl (C=O) groups is 1. The van der Waals surface area contributed by atoms with E-state index < -0.39 is 0 Å². The summed E-state index contributed by atoms with van der Waals surface area (Å²) in [5, 5.41) is 3.07. The molecule has 0 bridgehead atoms. The van der Waals surface area contributed by atoms with E-state index in [1.807, 2.05) is 18.2 Å². The largest absolute Gasteiger partial charge is 0.355 e. The molecule has 1 amide bonds. The molecule has 1 aliphatic carbocycles. The number of hydrogen-bond acceptors (Lipinski definition) is 1. The molecule has 2 rings (SSSR count). The van der Waals surface area contributed by atoms with Crippen LogP contribution in [0.5, 0.6) is 0 Å². The van der Waals surface area contributed by atoms with Gasteiger partial charge in [-0.1, -0.05) is 50.1 Å². The van der Waals surface area contributed by atoms with Crippen LogP contribution in [-0.4, -0.2) is 12.5 Å². The van der Waals surface area contributed by atoms with Gasteiger partial charge in [-0.2, -0.15) is 0 Å². The third-order valence-electron chi connectivity index (χ3n) is 3.92. The maximum absolute atomic E-state index is 11.8. The van der Waals surface area contributed by atoms with Crippen molar-refractivity contribution < 1.29 is 4.79 Å². The molecule has 2 nitrogen and oxygen atoms in total. The minimum atomic E-state index is 0.227. The lowest BCUT2D eigenvalue weighted by Gasteiger charge is -2.14. The molecule has 1 fully saturated rings. The average molecular weight is 245 g/mol. The van der Waals surface area contributed by atoms with Crippen molar-refractivity contribution in [2.45, 2.75) is 44.9 Å². The molecule has 1 aliphatic rings. The standard InChI is InChI=1S/C16H23NO/c1-13(15-9-3-2-4-10-15)12-17-16(18)11-14-7-5-6-8-14/h2-4,9-10,13-14H,5-8,11-12H2,1H3,(H,17,18)/t13-/m0/s1. The Labute approximate surface area is 110 Å². The maximum Gasteiger partial charge on any atom is 0.220 e. The first-order valence-electron chi connectivity index (χ1n) is 7.07. The molecule has 0 radical (unpaired) electrons. The van der Waals surface area contributed by atoms with Crippen LogP contribution in [-0.2, 0) is 4.79 Å². The van der Waals surface area contributed by atoms with Crippen molar-refractivity contribution >= 4 is 5.91 Å². The maximum atomic E-state index is 11.8. The summed E-state index contributed by atoms with van der Waals surface area (Å²) in [6.07, 6.45) is 5.81. The summed E-state index contributed by atoms with van der Waals surface area (Å²) in [7, 11) is 0. The molecular weight excluding hydrogens is 222 g/mol. The zero-order valence-electron chi connectivity index (χ0n) is 11.2. The number of hydrogen-bond donors (Lipinski definition) is 1. The van der Waals surface area contributed by atoms with Gasteiger partial charge in [0.2, 0.25) is 5.91 Å². The van der Waals surface area contributed by atoms with Crippen LogP contribution in [0.4, 0.5) is 0 Å². The van der Waals surface area contributed by atoms with Crippen LogP contribution >= 0.6 is 0 Å². The van der Waals surface area contributed by atoms with Gasteiger partial charge in [-0.15, -0.1) is 0 Å². The van der Waals surface area contributed by atoms with Crippen molar-refractivity contribution in [2.24, 2.45) is 5.92 Å². The molecule has 1 aromatic rings. The summed E-state index contributed by atoms with van der Waals surface area (Å²) < 4.78 is 0. The highest BCUT2D eigenvalue weighted by Crippen LogP contribution is 2.27. The third-order valence-corrected chi connectivity index (χ3v) is 3.92. The molecule has 18 heavy (non-hydrogen) atoms. The second-order valence-corrected chi connectivity index (χ2v) is 5.47. The Bertz CT molecular complexity index is 368. The van der Waals surface area contributed by atoms with Gasteiger partial charge in [0.1, 0.15) is 0 Å². The topological polar surface area (TPSA) is 29.1 Å². The summed E-state index contributed by atoms with van der Waals surface area (Å²) in [4.78, 5) is 11.8. The molecule has 0 heterocycles. The minimum absolute atomic E-state index is 0.227. The molecule has 1 atom stereocenters. The highest BCUT2D eigenvalue weighted by atomic mass is 16.1. The van der Waals surface area contributed by atoms with Crippen molar-refractivity contribution in [3.8, 4) is 0 Å². The molecule has 0 unspecified atom stereocenters. The Kier molecular flexibility index (Phi) is 4.80. The summed E-state index contributed by atoms with van der Waals surface area (Å²) in [6.45, 7) is 2.90. The van der Waals surface area contributed by atoms with Crippen molar-refractivity contribution in [1.29, 1.82) is 0 Å². The Morgan fingerprint density at radius 1 is 1.28 bits per heavy atom. The molecule has 0 aromatic heterocycles.